The second-order valence-corrected chi connectivity index (χ2v) is 4.98. The molecule has 2 N–H and O–H groups in total. The van der Waals surface area contributed by atoms with Crippen molar-refractivity contribution in [1.29, 1.82) is 0 Å². The van der Waals surface area contributed by atoms with Gasteiger partial charge in [0.05, 0.1) is 6.61 Å². The van der Waals surface area contributed by atoms with E-state index in [1.165, 1.54) is 12.8 Å². The predicted molar refractivity (Wildman–Crippen MR) is 67.3 cm³/mol. The van der Waals surface area contributed by atoms with E-state index < -0.39 is 6.09 Å². The predicted octanol–water partition coefficient (Wildman–Crippen LogP) is 2.19. The maximum atomic E-state index is 11.3. The van der Waals surface area contributed by atoms with Gasteiger partial charge in [0.2, 0.25) is 0 Å². The Bertz CT molecular complexity index is 250. The number of alkyl carbamates (subject to hydrolysis) is 1. The lowest BCUT2D eigenvalue weighted by molar-refractivity contribution is 0.138. The Balaban J connectivity index is 2.15. The molecule has 1 aliphatic carbocycles. The minimum absolute atomic E-state index is 0.335. The van der Waals surface area contributed by atoms with Crippen LogP contribution in [-0.4, -0.2) is 23.9 Å². The smallest absolute Gasteiger partial charge is 0.413 e. The first kappa shape index (κ1) is 13.2. The van der Waals surface area contributed by atoms with Gasteiger partial charge in [-0.1, -0.05) is 26.7 Å². The molecule has 16 heavy (non-hydrogen) atoms. The molecular weight excluding hydrogens is 224 g/mol. The third-order valence-corrected chi connectivity index (χ3v) is 2.67. The number of nitrogens with one attached hydrogen (secondary N) is 2. The molecule has 0 bridgehead atoms. The Hall–Kier alpha value is -0.840. The normalized spacial score (nSPS) is 16.2. The van der Waals surface area contributed by atoms with Crippen LogP contribution in [0.4, 0.5) is 4.79 Å². The average Bonchev–Trinajstić information content (AvgIpc) is 2.67. The van der Waals surface area contributed by atoms with Gasteiger partial charge in [-0.3, -0.25) is 5.32 Å². The topological polar surface area (TPSA) is 50.4 Å². The number of hydrogen-bond donors (Lipinski definition) is 2. The van der Waals surface area contributed by atoms with Crippen LogP contribution in [0.15, 0.2) is 0 Å². The van der Waals surface area contributed by atoms with Crippen molar-refractivity contribution in [2.75, 3.05) is 6.61 Å². The van der Waals surface area contributed by atoms with Crippen LogP contribution in [0.1, 0.15) is 39.5 Å². The number of hydrogen-bond acceptors (Lipinski definition) is 3. The first-order valence-corrected chi connectivity index (χ1v) is 6.23. The second-order valence-electron chi connectivity index (χ2n) is 4.57. The number of ether oxygens (including phenoxy) is 1. The van der Waals surface area contributed by atoms with Crippen molar-refractivity contribution >= 4 is 23.4 Å². The van der Waals surface area contributed by atoms with Crippen molar-refractivity contribution in [3.63, 3.8) is 0 Å². The molecule has 0 aliphatic heterocycles. The molecule has 0 atom stereocenters. The Kier molecular flexibility index (Phi) is 5.52. The Morgan fingerprint density at radius 3 is 2.62 bits per heavy atom. The highest BCUT2D eigenvalue weighted by molar-refractivity contribution is 7.80. The molecule has 92 valence electrons. The number of carbonyl (C=O) groups excluding carboxylic acids is 1. The summed E-state index contributed by atoms with van der Waals surface area (Å²) < 4.78 is 4.96. The fraction of sp³-hybridized carbons (Fsp3) is 0.818. The molecular formula is C11H20N2O2S. The molecule has 0 heterocycles. The van der Waals surface area contributed by atoms with Crippen molar-refractivity contribution < 1.29 is 9.53 Å². The zero-order valence-corrected chi connectivity index (χ0v) is 10.7. The quantitative estimate of drug-likeness (QED) is 0.747. The fourth-order valence-electron chi connectivity index (χ4n) is 1.66. The number of rotatable bonds is 3. The summed E-state index contributed by atoms with van der Waals surface area (Å²) in [5.41, 5.74) is 0. The molecule has 5 heteroatoms. The molecule has 0 aromatic rings. The minimum Gasteiger partial charge on any atom is -0.449 e. The van der Waals surface area contributed by atoms with Gasteiger partial charge in [0.1, 0.15) is 0 Å². The van der Waals surface area contributed by atoms with Gasteiger partial charge in [-0.25, -0.2) is 4.79 Å². The van der Waals surface area contributed by atoms with Crippen LogP contribution < -0.4 is 10.6 Å². The summed E-state index contributed by atoms with van der Waals surface area (Å²) in [6, 6.07) is 0.415. The second kappa shape index (κ2) is 6.68. The van der Waals surface area contributed by atoms with E-state index in [2.05, 4.69) is 10.6 Å². The molecule has 4 nitrogen and oxygen atoms in total. The lowest BCUT2D eigenvalue weighted by Gasteiger charge is -2.15. The van der Waals surface area contributed by atoms with Gasteiger partial charge in [0, 0.05) is 6.04 Å². The summed E-state index contributed by atoms with van der Waals surface area (Å²) in [5, 5.41) is 6.01. The van der Waals surface area contributed by atoms with E-state index in [9.17, 15) is 4.79 Å². The van der Waals surface area contributed by atoms with Crippen molar-refractivity contribution in [3.05, 3.63) is 0 Å². The van der Waals surface area contributed by atoms with Crippen LogP contribution in [0.25, 0.3) is 0 Å². The van der Waals surface area contributed by atoms with Crippen molar-refractivity contribution in [1.82, 2.24) is 10.6 Å². The van der Waals surface area contributed by atoms with Gasteiger partial charge in [-0.15, -0.1) is 0 Å². The Labute approximate surface area is 102 Å². The van der Waals surface area contributed by atoms with Gasteiger partial charge >= 0.3 is 6.09 Å². The van der Waals surface area contributed by atoms with E-state index in [0.717, 1.165) is 12.8 Å². The van der Waals surface area contributed by atoms with Crippen molar-refractivity contribution in [3.8, 4) is 0 Å². The first-order chi connectivity index (χ1) is 7.58. The highest BCUT2D eigenvalue weighted by atomic mass is 32.1. The summed E-state index contributed by atoms with van der Waals surface area (Å²) >= 11 is 5.02. The minimum atomic E-state index is -0.468. The number of amides is 1. The average molecular weight is 244 g/mol. The maximum absolute atomic E-state index is 11.3. The van der Waals surface area contributed by atoms with Crippen LogP contribution in [-0.2, 0) is 4.74 Å². The molecule has 1 amide bonds. The lowest BCUT2D eigenvalue weighted by atomic mass is 10.2. The monoisotopic (exact) mass is 244 g/mol. The molecule has 1 saturated carbocycles. The summed E-state index contributed by atoms with van der Waals surface area (Å²) in [7, 11) is 0. The van der Waals surface area contributed by atoms with Crippen LogP contribution in [0.5, 0.6) is 0 Å². The summed E-state index contributed by atoms with van der Waals surface area (Å²) in [6.07, 6.45) is 4.26. The van der Waals surface area contributed by atoms with Gasteiger partial charge in [0.15, 0.2) is 5.11 Å². The van der Waals surface area contributed by atoms with Crippen molar-refractivity contribution in [2.24, 2.45) is 5.92 Å². The molecule has 1 rings (SSSR count). The number of carbonyl (C=O) groups is 1. The summed E-state index contributed by atoms with van der Waals surface area (Å²) in [6.45, 7) is 4.39. The van der Waals surface area contributed by atoms with Crippen LogP contribution in [0, 0.1) is 5.92 Å². The molecule has 1 fully saturated rings. The largest absolute Gasteiger partial charge is 0.449 e. The van der Waals surface area contributed by atoms with E-state index in [1.54, 1.807) is 0 Å². The third kappa shape index (κ3) is 5.30. The molecule has 0 unspecified atom stereocenters. The van der Waals surface area contributed by atoms with Crippen LogP contribution >= 0.6 is 12.2 Å². The standard InChI is InChI=1S/C11H20N2O2S/c1-8(2)7-15-11(14)13-10(16)12-9-5-3-4-6-9/h8-9H,3-7H2,1-2H3,(H2,12,13,14,16). The molecule has 1 aliphatic rings. The van der Waals surface area contributed by atoms with Gasteiger partial charge < -0.3 is 10.1 Å². The molecule has 0 aromatic heterocycles. The third-order valence-electron chi connectivity index (χ3n) is 2.45. The summed E-state index contributed by atoms with van der Waals surface area (Å²) in [5.74, 6) is 0.335. The van der Waals surface area contributed by atoms with Crippen LogP contribution in [0.2, 0.25) is 0 Å². The molecule has 0 radical (unpaired) electrons. The van der Waals surface area contributed by atoms with Crippen molar-refractivity contribution in [2.45, 2.75) is 45.6 Å². The Morgan fingerprint density at radius 1 is 1.44 bits per heavy atom. The first-order valence-electron chi connectivity index (χ1n) is 5.82. The van der Waals surface area contributed by atoms with E-state index in [1.807, 2.05) is 13.8 Å². The fourth-order valence-corrected chi connectivity index (χ4v) is 1.91. The van der Waals surface area contributed by atoms with Crippen LogP contribution in [0.3, 0.4) is 0 Å². The van der Waals surface area contributed by atoms with Gasteiger partial charge in [-0.2, -0.15) is 0 Å². The van der Waals surface area contributed by atoms with Gasteiger partial charge in [0.25, 0.3) is 0 Å². The van der Waals surface area contributed by atoms with E-state index in [4.69, 9.17) is 17.0 Å². The SMILES string of the molecule is CC(C)COC(=O)NC(=S)NC1CCCC1. The lowest BCUT2D eigenvalue weighted by Crippen LogP contribution is -2.43. The van der Waals surface area contributed by atoms with E-state index in [0.29, 0.717) is 23.7 Å². The van der Waals surface area contributed by atoms with E-state index in [-0.39, 0.29) is 0 Å². The molecule has 0 spiro atoms. The molecule has 0 aromatic carbocycles. The van der Waals surface area contributed by atoms with Gasteiger partial charge in [-0.05, 0) is 31.0 Å². The zero-order valence-electron chi connectivity index (χ0n) is 9.91. The highest BCUT2D eigenvalue weighted by Gasteiger charge is 2.16. The summed E-state index contributed by atoms with van der Waals surface area (Å²) in [4.78, 5) is 11.3. The van der Waals surface area contributed by atoms with E-state index >= 15 is 0 Å². The highest BCUT2D eigenvalue weighted by Crippen LogP contribution is 2.17. The molecule has 0 saturated heterocycles. The Morgan fingerprint density at radius 2 is 2.06 bits per heavy atom. The maximum Gasteiger partial charge on any atom is 0.413 e. The zero-order chi connectivity index (χ0) is 12.0. The number of thiocarbonyl (C=S) groups is 1.